The summed E-state index contributed by atoms with van der Waals surface area (Å²) in [5.74, 6) is 0.595. The number of aliphatic hydroxyl groups excluding tert-OH is 1. The first-order valence-electron chi connectivity index (χ1n) is 6.42. The van der Waals surface area contributed by atoms with Gasteiger partial charge >= 0.3 is 0 Å². The van der Waals surface area contributed by atoms with Crippen molar-refractivity contribution in [3.05, 3.63) is 28.8 Å². The Morgan fingerprint density at radius 1 is 1.44 bits per heavy atom. The molecule has 0 aliphatic heterocycles. The third-order valence-electron chi connectivity index (χ3n) is 3.55. The lowest BCUT2D eigenvalue weighted by Crippen LogP contribution is -2.37. The maximum absolute atomic E-state index is 9.30. The van der Waals surface area contributed by atoms with Gasteiger partial charge in [0.05, 0.1) is 16.8 Å². The molecule has 0 aromatic heterocycles. The Morgan fingerprint density at radius 2 is 2.17 bits per heavy atom. The van der Waals surface area contributed by atoms with E-state index in [4.69, 9.17) is 11.6 Å². The molecule has 0 atom stereocenters. The van der Waals surface area contributed by atoms with E-state index in [1.54, 1.807) is 0 Å². The second-order valence-electron chi connectivity index (χ2n) is 5.19. The van der Waals surface area contributed by atoms with Crippen LogP contribution in [-0.4, -0.2) is 31.9 Å². The van der Waals surface area contributed by atoms with Gasteiger partial charge in [-0.1, -0.05) is 17.7 Å². The summed E-state index contributed by atoms with van der Waals surface area (Å²) in [5.41, 5.74) is 2.26. The van der Waals surface area contributed by atoms with Gasteiger partial charge in [0, 0.05) is 20.1 Å². The summed E-state index contributed by atoms with van der Waals surface area (Å²) in [6.45, 7) is 1.79. The van der Waals surface area contributed by atoms with E-state index in [1.165, 1.54) is 5.56 Å². The highest BCUT2D eigenvalue weighted by Gasteiger charge is 2.28. The minimum Gasteiger partial charge on any atom is -0.393 e. The summed E-state index contributed by atoms with van der Waals surface area (Å²) >= 11 is 6.31. The quantitative estimate of drug-likeness (QED) is 0.860. The highest BCUT2D eigenvalue weighted by atomic mass is 35.5. The number of hydrogen-bond acceptors (Lipinski definition) is 3. The first-order valence-corrected chi connectivity index (χ1v) is 6.80. The van der Waals surface area contributed by atoms with Crippen LogP contribution in [0.2, 0.25) is 5.02 Å². The van der Waals surface area contributed by atoms with E-state index in [1.807, 2.05) is 13.1 Å². The van der Waals surface area contributed by atoms with Gasteiger partial charge in [0.2, 0.25) is 0 Å². The van der Waals surface area contributed by atoms with Crippen molar-refractivity contribution in [3.63, 3.8) is 0 Å². The molecule has 18 heavy (non-hydrogen) atoms. The second-order valence-corrected chi connectivity index (χ2v) is 5.60. The van der Waals surface area contributed by atoms with Crippen molar-refractivity contribution in [2.45, 2.75) is 25.5 Å². The van der Waals surface area contributed by atoms with Gasteiger partial charge in [-0.3, -0.25) is 0 Å². The lowest BCUT2D eigenvalue weighted by atomic mass is 9.82. The summed E-state index contributed by atoms with van der Waals surface area (Å²) < 4.78 is 0. The van der Waals surface area contributed by atoms with E-state index in [0.29, 0.717) is 5.92 Å². The summed E-state index contributed by atoms with van der Waals surface area (Å²) in [7, 11) is 3.99. The Labute approximate surface area is 114 Å². The van der Waals surface area contributed by atoms with Crippen LogP contribution >= 0.6 is 11.6 Å². The SMILES string of the molecule is CNCc1ccc(N(C)CC2CC(O)C2)c(Cl)c1. The fourth-order valence-corrected chi connectivity index (χ4v) is 2.86. The lowest BCUT2D eigenvalue weighted by molar-refractivity contribution is 0.0465. The largest absolute Gasteiger partial charge is 0.393 e. The van der Waals surface area contributed by atoms with Gasteiger partial charge in [0.25, 0.3) is 0 Å². The van der Waals surface area contributed by atoms with Crippen LogP contribution in [0.15, 0.2) is 18.2 Å². The minimum atomic E-state index is -0.0862. The standard InChI is InChI=1S/C14H21ClN2O/c1-16-8-10-3-4-14(13(15)7-10)17(2)9-11-5-12(18)6-11/h3-4,7,11-12,16,18H,5-6,8-9H2,1-2H3. The molecule has 2 rings (SSSR count). The fraction of sp³-hybridized carbons (Fsp3) is 0.571. The molecule has 2 N–H and O–H groups in total. The predicted molar refractivity (Wildman–Crippen MR) is 76.2 cm³/mol. The van der Waals surface area contributed by atoms with Crippen LogP contribution < -0.4 is 10.2 Å². The molecule has 0 spiro atoms. The van der Waals surface area contributed by atoms with Crippen molar-refractivity contribution in [3.8, 4) is 0 Å². The topological polar surface area (TPSA) is 35.5 Å². The van der Waals surface area contributed by atoms with Gasteiger partial charge < -0.3 is 15.3 Å². The third kappa shape index (κ3) is 3.16. The number of nitrogens with zero attached hydrogens (tertiary/aromatic N) is 1. The molecule has 1 saturated carbocycles. The Kier molecular flexibility index (Phi) is 4.49. The van der Waals surface area contributed by atoms with Gasteiger partial charge in [-0.05, 0) is 43.5 Å². The molecule has 0 heterocycles. The average molecular weight is 269 g/mol. The number of aliphatic hydroxyl groups is 1. The van der Waals surface area contributed by atoms with Crippen LogP contribution in [0.3, 0.4) is 0 Å². The summed E-state index contributed by atoms with van der Waals surface area (Å²) in [6.07, 6.45) is 1.75. The van der Waals surface area contributed by atoms with Gasteiger partial charge in [-0.15, -0.1) is 0 Å². The van der Waals surface area contributed by atoms with Crippen molar-refractivity contribution in [2.24, 2.45) is 5.92 Å². The Bertz CT molecular complexity index is 405. The molecule has 100 valence electrons. The van der Waals surface area contributed by atoms with Crippen molar-refractivity contribution in [2.75, 3.05) is 25.5 Å². The zero-order valence-electron chi connectivity index (χ0n) is 11.0. The molecule has 1 fully saturated rings. The molecule has 1 aliphatic carbocycles. The van der Waals surface area contributed by atoms with Crippen LogP contribution in [0.4, 0.5) is 5.69 Å². The molecule has 0 amide bonds. The maximum atomic E-state index is 9.30. The van der Waals surface area contributed by atoms with Gasteiger partial charge in [-0.2, -0.15) is 0 Å². The molecule has 0 saturated heterocycles. The summed E-state index contributed by atoms with van der Waals surface area (Å²) in [5, 5.41) is 13.2. The van der Waals surface area contributed by atoms with Crippen LogP contribution in [0.25, 0.3) is 0 Å². The van der Waals surface area contributed by atoms with E-state index in [2.05, 4.69) is 29.4 Å². The van der Waals surface area contributed by atoms with E-state index < -0.39 is 0 Å². The molecule has 1 aliphatic rings. The lowest BCUT2D eigenvalue weighted by Gasteiger charge is -2.35. The molecule has 3 nitrogen and oxygen atoms in total. The van der Waals surface area contributed by atoms with Gasteiger partial charge in [0.1, 0.15) is 0 Å². The van der Waals surface area contributed by atoms with Crippen LogP contribution in [0.5, 0.6) is 0 Å². The molecule has 0 bridgehead atoms. The fourth-order valence-electron chi connectivity index (χ4n) is 2.51. The van der Waals surface area contributed by atoms with Crippen LogP contribution in [0.1, 0.15) is 18.4 Å². The average Bonchev–Trinajstić information content (AvgIpc) is 2.27. The van der Waals surface area contributed by atoms with Crippen LogP contribution in [0, 0.1) is 5.92 Å². The van der Waals surface area contributed by atoms with E-state index in [0.717, 1.165) is 36.6 Å². The van der Waals surface area contributed by atoms with E-state index >= 15 is 0 Å². The van der Waals surface area contributed by atoms with Gasteiger partial charge in [0.15, 0.2) is 0 Å². The maximum Gasteiger partial charge on any atom is 0.0642 e. The third-order valence-corrected chi connectivity index (χ3v) is 3.85. The number of anilines is 1. The molecule has 1 aromatic rings. The summed E-state index contributed by atoms with van der Waals surface area (Å²) in [6, 6.07) is 6.19. The number of hydrogen-bond donors (Lipinski definition) is 2. The molecule has 4 heteroatoms. The normalized spacial score (nSPS) is 22.7. The Hall–Kier alpha value is -0.770. The van der Waals surface area contributed by atoms with Crippen molar-refractivity contribution < 1.29 is 5.11 Å². The number of benzene rings is 1. The van der Waals surface area contributed by atoms with E-state index in [9.17, 15) is 5.11 Å². The van der Waals surface area contributed by atoms with Crippen molar-refractivity contribution in [1.29, 1.82) is 0 Å². The second kappa shape index (κ2) is 5.91. The Balaban J connectivity index is 1.99. The highest BCUT2D eigenvalue weighted by Crippen LogP contribution is 2.31. The number of rotatable bonds is 5. The molecule has 1 aromatic carbocycles. The highest BCUT2D eigenvalue weighted by molar-refractivity contribution is 6.33. The summed E-state index contributed by atoms with van der Waals surface area (Å²) in [4.78, 5) is 2.18. The smallest absolute Gasteiger partial charge is 0.0642 e. The van der Waals surface area contributed by atoms with E-state index in [-0.39, 0.29) is 6.10 Å². The predicted octanol–water partition coefficient (Wildman–Crippen LogP) is 2.27. The minimum absolute atomic E-state index is 0.0862. The zero-order valence-corrected chi connectivity index (χ0v) is 11.7. The molecule has 0 radical (unpaired) electrons. The first kappa shape index (κ1) is 13.7. The van der Waals surface area contributed by atoms with Crippen molar-refractivity contribution >= 4 is 17.3 Å². The first-order chi connectivity index (χ1) is 8.60. The number of halogens is 1. The van der Waals surface area contributed by atoms with Gasteiger partial charge in [-0.25, -0.2) is 0 Å². The molecular weight excluding hydrogens is 248 g/mol. The Morgan fingerprint density at radius 3 is 2.72 bits per heavy atom. The zero-order chi connectivity index (χ0) is 13.1. The van der Waals surface area contributed by atoms with Crippen molar-refractivity contribution in [1.82, 2.24) is 5.32 Å². The molecular formula is C14H21ClN2O. The monoisotopic (exact) mass is 268 g/mol. The van der Waals surface area contributed by atoms with Crippen LogP contribution in [-0.2, 0) is 6.54 Å². The number of nitrogens with one attached hydrogen (secondary N) is 1. The molecule has 0 unspecified atom stereocenters.